The van der Waals surface area contributed by atoms with Gasteiger partial charge in [0.15, 0.2) is 0 Å². The number of allylic oxidation sites excluding steroid dienone is 13. The minimum absolute atomic E-state index is 0.0100. The molecule has 2 N–H and O–H groups in total. The van der Waals surface area contributed by atoms with Crippen LogP contribution >= 0.6 is 7.82 Å². The zero-order chi connectivity index (χ0) is 57.0. The minimum Gasteiger partial charge on any atom is -0.756 e. The number of aliphatic hydroxyl groups is 1. The van der Waals surface area contributed by atoms with E-state index in [1.54, 1.807) is 6.08 Å². The molecule has 0 aliphatic rings. The fourth-order valence-corrected chi connectivity index (χ4v) is 10.2. The van der Waals surface area contributed by atoms with Gasteiger partial charge in [0, 0.05) is 6.42 Å². The van der Waals surface area contributed by atoms with Crippen molar-refractivity contribution in [3.05, 3.63) is 85.1 Å². The number of nitrogens with zero attached hydrogens (tertiary/aromatic N) is 1. The molecule has 0 aliphatic heterocycles. The lowest BCUT2D eigenvalue weighted by Crippen LogP contribution is -2.45. The first kappa shape index (κ1) is 75.7. The third-order valence-corrected chi connectivity index (χ3v) is 15.6. The molecule has 9 heteroatoms. The van der Waals surface area contributed by atoms with Gasteiger partial charge in [0.25, 0.3) is 7.82 Å². The van der Waals surface area contributed by atoms with Crippen molar-refractivity contribution in [2.75, 3.05) is 40.9 Å². The maximum atomic E-state index is 13.0. The molecule has 3 atom stereocenters. The first-order chi connectivity index (χ1) is 38.0. The molecule has 3 unspecified atom stereocenters. The molecule has 78 heavy (non-hydrogen) atoms. The average Bonchev–Trinajstić information content (AvgIpc) is 3.41. The Kier molecular flexibility index (Phi) is 57.5. The second-order valence-electron chi connectivity index (χ2n) is 23.4. The van der Waals surface area contributed by atoms with Crippen molar-refractivity contribution in [1.29, 1.82) is 0 Å². The smallest absolute Gasteiger partial charge is 0.268 e. The highest BCUT2D eigenvalue weighted by molar-refractivity contribution is 7.45. The number of phosphoric acid groups is 1. The number of nitrogens with one attached hydrogen (secondary N) is 1. The Bertz CT molecular complexity index is 1550. The summed E-state index contributed by atoms with van der Waals surface area (Å²) in [4.78, 5) is 25.6. The number of unbranched alkanes of at least 4 members (excludes halogenated alkanes) is 35. The normalized spacial score (nSPS) is 14.3. The van der Waals surface area contributed by atoms with Crippen molar-refractivity contribution < 1.29 is 32.9 Å². The van der Waals surface area contributed by atoms with Crippen LogP contribution in [-0.4, -0.2) is 68.5 Å². The zero-order valence-corrected chi connectivity index (χ0v) is 52.7. The van der Waals surface area contributed by atoms with E-state index in [-0.39, 0.29) is 12.5 Å². The summed E-state index contributed by atoms with van der Waals surface area (Å²) in [6, 6.07) is -0.912. The van der Waals surface area contributed by atoms with Crippen molar-refractivity contribution in [3.63, 3.8) is 0 Å². The van der Waals surface area contributed by atoms with Crippen molar-refractivity contribution in [2.24, 2.45) is 0 Å². The van der Waals surface area contributed by atoms with Crippen LogP contribution in [0.15, 0.2) is 85.1 Å². The number of rotatable bonds is 60. The number of hydrogen-bond donors (Lipinski definition) is 2. The van der Waals surface area contributed by atoms with E-state index < -0.39 is 26.6 Å². The molecule has 0 aromatic carbocycles. The Balaban J connectivity index is 4.17. The maximum absolute atomic E-state index is 13.0. The van der Waals surface area contributed by atoms with Crippen molar-refractivity contribution in [2.45, 2.75) is 309 Å². The lowest BCUT2D eigenvalue weighted by atomic mass is 10.0. The van der Waals surface area contributed by atoms with Gasteiger partial charge in [-0.2, -0.15) is 0 Å². The summed E-state index contributed by atoms with van der Waals surface area (Å²) in [6.07, 6.45) is 84.1. The summed E-state index contributed by atoms with van der Waals surface area (Å²) in [5.41, 5.74) is 0. The lowest BCUT2D eigenvalue weighted by Gasteiger charge is -2.29. The van der Waals surface area contributed by atoms with Crippen LogP contribution in [0.3, 0.4) is 0 Å². The molecular formula is C69H127N2O6P. The van der Waals surface area contributed by atoms with Crippen LogP contribution in [0.2, 0.25) is 0 Å². The second kappa shape index (κ2) is 59.3. The monoisotopic (exact) mass is 1110 g/mol. The van der Waals surface area contributed by atoms with Gasteiger partial charge in [0.2, 0.25) is 5.91 Å². The highest BCUT2D eigenvalue weighted by Gasteiger charge is 2.23. The number of carbonyl (C=O) groups excluding carboxylic acids is 1. The maximum Gasteiger partial charge on any atom is 0.268 e. The van der Waals surface area contributed by atoms with Gasteiger partial charge in [-0.3, -0.25) is 9.36 Å². The van der Waals surface area contributed by atoms with E-state index in [0.717, 1.165) is 70.6 Å². The SMILES string of the molecule is CC/C=C\C/C=C\C/C=C\C/C=C\C/C=C\CCCCCCCCCCCCCC(=O)NC(COP(=O)([O-])OCC[N+](C)(C)C)C(O)/C=C/CC/C=C/CCCCCCCCCCCCCCCCCCCCCCCCC. The molecule has 0 bridgehead atoms. The van der Waals surface area contributed by atoms with E-state index in [1.807, 2.05) is 27.2 Å². The van der Waals surface area contributed by atoms with Gasteiger partial charge >= 0.3 is 0 Å². The number of quaternary nitrogens is 1. The minimum atomic E-state index is -4.62. The number of amides is 1. The molecule has 1 amide bonds. The molecular weight excluding hydrogens is 984 g/mol. The van der Waals surface area contributed by atoms with Gasteiger partial charge in [-0.05, 0) is 77.0 Å². The standard InChI is InChI=1S/C69H127N2O6P/c1-6-8-10-12-14-16-18-20-22-24-26-28-30-32-34-35-37-38-40-42-44-46-48-50-52-54-56-58-60-62-68(72)67(66-77-78(74,75)76-65-64-71(3,4)5)70-69(73)63-61-59-57-55-53-51-49-47-45-43-41-39-36-33-31-29-27-25-23-21-19-17-15-13-11-9-7-2/h9,11,15,17,21,23,27,29,33,36,52,54,60,62,67-68,72H,6-8,10,12-14,16,18-20,22,24-26,28,30-32,34-35,37-51,53,55-59,61,63-66H2,1-5H3,(H-,70,73,74,75)/b11-9-,17-15-,23-21-,29-27-,36-33-,54-52+,62-60+. The number of aliphatic hydroxyl groups excluding tert-OH is 1. The van der Waals surface area contributed by atoms with Crippen LogP contribution in [0.4, 0.5) is 0 Å². The van der Waals surface area contributed by atoms with E-state index in [0.29, 0.717) is 17.4 Å². The summed E-state index contributed by atoms with van der Waals surface area (Å²) >= 11 is 0. The molecule has 8 nitrogen and oxygen atoms in total. The molecule has 0 rings (SSSR count). The molecule has 0 fully saturated rings. The summed E-state index contributed by atoms with van der Waals surface area (Å²) in [7, 11) is 1.24. The van der Waals surface area contributed by atoms with E-state index >= 15 is 0 Å². The molecule has 0 aromatic heterocycles. The largest absolute Gasteiger partial charge is 0.756 e. The molecule has 0 radical (unpaired) electrons. The van der Waals surface area contributed by atoms with Crippen LogP contribution in [0, 0.1) is 0 Å². The molecule has 0 spiro atoms. The van der Waals surface area contributed by atoms with Crippen LogP contribution in [0.1, 0.15) is 296 Å². The number of carbonyl (C=O) groups is 1. The third kappa shape index (κ3) is 61.3. The highest BCUT2D eigenvalue weighted by Crippen LogP contribution is 2.38. The van der Waals surface area contributed by atoms with Gasteiger partial charge in [-0.1, -0.05) is 298 Å². The quantitative estimate of drug-likeness (QED) is 0.0272. The predicted molar refractivity (Wildman–Crippen MR) is 339 cm³/mol. The first-order valence-electron chi connectivity index (χ1n) is 32.9. The lowest BCUT2D eigenvalue weighted by molar-refractivity contribution is -0.870. The number of likely N-dealkylation sites (N-methyl/N-ethyl adjacent to an activating group) is 1. The Morgan fingerprint density at radius 3 is 1.19 bits per heavy atom. The molecule has 454 valence electrons. The van der Waals surface area contributed by atoms with Gasteiger partial charge in [-0.15, -0.1) is 0 Å². The fraction of sp³-hybridized carbons (Fsp3) is 0.783. The molecule has 0 aromatic rings. The van der Waals surface area contributed by atoms with E-state index in [9.17, 15) is 19.4 Å². The second-order valence-corrected chi connectivity index (χ2v) is 24.8. The summed E-state index contributed by atoms with van der Waals surface area (Å²) < 4.78 is 23.4. The van der Waals surface area contributed by atoms with Crippen molar-refractivity contribution >= 4 is 13.7 Å². The molecule has 0 aliphatic carbocycles. The average molecular weight is 1110 g/mol. The van der Waals surface area contributed by atoms with Crippen LogP contribution in [-0.2, 0) is 18.4 Å². The Morgan fingerprint density at radius 1 is 0.462 bits per heavy atom. The molecule has 0 heterocycles. The van der Waals surface area contributed by atoms with E-state index in [4.69, 9.17) is 9.05 Å². The van der Waals surface area contributed by atoms with Crippen molar-refractivity contribution in [3.8, 4) is 0 Å². The van der Waals surface area contributed by atoms with Gasteiger partial charge < -0.3 is 28.8 Å². The first-order valence-corrected chi connectivity index (χ1v) is 34.4. The molecule has 0 saturated heterocycles. The summed E-state index contributed by atoms with van der Waals surface area (Å²) in [6.45, 7) is 4.54. The van der Waals surface area contributed by atoms with Gasteiger partial charge in [-0.25, -0.2) is 0 Å². The highest BCUT2D eigenvalue weighted by atomic mass is 31.2. The number of phosphoric ester groups is 1. The Labute approximate surface area is 484 Å². The fourth-order valence-electron chi connectivity index (χ4n) is 9.49. The van der Waals surface area contributed by atoms with E-state index in [2.05, 4.69) is 92.1 Å². The van der Waals surface area contributed by atoms with Crippen LogP contribution in [0.5, 0.6) is 0 Å². The van der Waals surface area contributed by atoms with Gasteiger partial charge in [0.05, 0.1) is 39.9 Å². The number of hydrogen-bond acceptors (Lipinski definition) is 6. The summed E-state index contributed by atoms with van der Waals surface area (Å²) in [5.74, 6) is -0.211. The predicted octanol–water partition coefficient (Wildman–Crippen LogP) is 20.1. The van der Waals surface area contributed by atoms with Gasteiger partial charge in [0.1, 0.15) is 13.2 Å². The van der Waals surface area contributed by atoms with Crippen LogP contribution in [0.25, 0.3) is 0 Å². The zero-order valence-electron chi connectivity index (χ0n) is 51.9. The third-order valence-electron chi connectivity index (χ3n) is 14.6. The Hall–Kier alpha value is -2.32. The van der Waals surface area contributed by atoms with Crippen molar-refractivity contribution in [1.82, 2.24) is 5.32 Å². The van der Waals surface area contributed by atoms with Crippen LogP contribution < -0.4 is 10.2 Å². The van der Waals surface area contributed by atoms with E-state index in [1.165, 1.54) is 205 Å². The molecule has 0 saturated carbocycles. The topological polar surface area (TPSA) is 108 Å². The Morgan fingerprint density at radius 2 is 0.795 bits per heavy atom. The summed E-state index contributed by atoms with van der Waals surface area (Å²) in [5, 5.41) is 13.9.